The highest BCUT2D eigenvalue weighted by atomic mass is 16.3. The smallest absolute Gasteiger partial charge is 0.122 e. The molecule has 0 aliphatic rings. The fourth-order valence-electron chi connectivity index (χ4n) is 4.64. The Balaban J connectivity index is 2.66. The Bertz CT molecular complexity index is 968. The van der Waals surface area contributed by atoms with Gasteiger partial charge in [-0.2, -0.15) is 0 Å². The van der Waals surface area contributed by atoms with Crippen molar-refractivity contribution in [1.82, 2.24) is 0 Å². The summed E-state index contributed by atoms with van der Waals surface area (Å²) in [6, 6.07) is 8.88. The van der Waals surface area contributed by atoms with E-state index in [9.17, 15) is 10.2 Å². The molecule has 0 amide bonds. The molecule has 0 bridgehead atoms. The molecule has 0 spiro atoms. The molecule has 0 unspecified atom stereocenters. The Hall–Kier alpha value is -1.96. The highest BCUT2D eigenvalue weighted by Gasteiger charge is 2.30. The standard InChI is InChI=1S/C34H54O2/c1-13-31(5,6)25-19-23(29(35)27(21-25)33(9,10)15-3)17-18-24-20-26(32(7,8)14-2)22-28(30(24)36)34(11,12)16-4/h19-22,35-36H,13-18H2,1-12H3. The van der Waals surface area contributed by atoms with Crippen molar-refractivity contribution in [2.24, 2.45) is 0 Å². The van der Waals surface area contributed by atoms with Crippen molar-refractivity contribution >= 4 is 0 Å². The van der Waals surface area contributed by atoms with E-state index in [-0.39, 0.29) is 21.7 Å². The number of phenols is 2. The van der Waals surface area contributed by atoms with Crippen molar-refractivity contribution in [3.8, 4) is 11.5 Å². The Labute approximate surface area is 222 Å². The Morgan fingerprint density at radius 1 is 0.472 bits per heavy atom. The third-order valence-electron chi connectivity index (χ3n) is 9.60. The van der Waals surface area contributed by atoms with E-state index in [0.717, 1.165) is 47.9 Å². The number of hydrogen-bond donors (Lipinski definition) is 2. The summed E-state index contributed by atoms with van der Waals surface area (Å²) in [6.07, 6.45) is 5.38. The zero-order chi connectivity index (χ0) is 27.7. The average Bonchev–Trinajstić information content (AvgIpc) is 2.83. The predicted octanol–water partition coefficient (Wildman–Crippen LogP) is 9.63. The van der Waals surface area contributed by atoms with Crippen LogP contribution in [0, 0.1) is 0 Å². The lowest BCUT2D eigenvalue weighted by molar-refractivity contribution is 0.415. The summed E-state index contributed by atoms with van der Waals surface area (Å²) in [6.45, 7) is 26.8. The van der Waals surface area contributed by atoms with Gasteiger partial charge < -0.3 is 10.2 Å². The van der Waals surface area contributed by atoms with Crippen LogP contribution in [-0.2, 0) is 34.5 Å². The Morgan fingerprint density at radius 2 is 0.750 bits per heavy atom. The lowest BCUT2D eigenvalue weighted by atomic mass is 9.74. The molecule has 2 nitrogen and oxygen atoms in total. The molecule has 202 valence electrons. The molecular weight excluding hydrogens is 440 g/mol. The molecule has 0 aliphatic heterocycles. The van der Waals surface area contributed by atoms with Gasteiger partial charge in [0.1, 0.15) is 11.5 Å². The van der Waals surface area contributed by atoms with Crippen LogP contribution in [0.4, 0.5) is 0 Å². The number of hydrogen-bond acceptors (Lipinski definition) is 2. The maximum absolute atomic E-state index is 11.4. The predicted molar refractivity (Wildman–Crippen MR) is 157 cm³/mol. The normalized spacial score (nSPS) is 13.3. The second-order valence-corrected chi connectivity index (χ2v) is 13.5. The first-order valence-corrected chi connectivity index (χ1v) is 14.2. The second-order valence-electron chi connectivity index (χ2n) is 13.5. The van der Waals surface area contributed by atoms with Gasteiger partial charge in [-0.3, -0.25) is 0 Å². The van der Waals surface area contributed by atoms with Crippen molar-refractivity contribution in [2.45, 2.75) is 143 Å². The molecule has 0 atom stereocenters. The van der Waals surface area contributed by atoms with Gasteiger partial charge in [-0.15, -0.1) is 0 Å². The van der Waals surface area contributed by atoms with Gasteiger partial charge in [0.2, 0.25) is 0 Å². The van der Waals surface area contributed by atoms with E-state index in [1.54, 1.807) is 0 Å². The largest absolute Gasteiger partial charge is 0.507 e. The topological polar surface area (TPSA) is 40.5 Å². The number of aryl methyl sites for hydroxylation is 2. The van der Waals surface area contributed by atoms with Gasteiger partial charge in [0.05, 0.1) is 0 Å². The third-order valence-corrected chi connectivity index (χ3v) is 9.60. The second kappa shape index (κ2) is 10.8. The van der Waals surface area contributed by atoms with Crippen LogP contribution in [-0.4, -0.2) is 10.2 Å². The summed E-state index contributed by atoms with van der Waals surface area (Å²) >= 11 is 0. The van der Waals surface area contributed by atoms with Crippen LogP contribution in [0.3, 0.4) is 0 Å². The maximum Gasteiger partial charge on any atom is 0.122 e. The van der Waals surface area contributed by atoms with Crippen molar-refractivity contribution < 1.29 is 10.2 Å². The highest BCUT2D eigenvalue weighted by Crippen LogP contribution is 2.43. The molecule has 0 fully saturated rings. The van der Waals surface area contributed by atoms with E-state index in [1.165, 1.54) is 11.1 Å². The molecule has 0 aromatic heterocycles. The summed E-state index contributed by atoms with van der Waals surface area (Å²) in [5.74, 6) is 0.854. The van der Waals surface area contributed by atoms with Crippen LogP contribution in [0.1, 0.15) is 142 Å². The van der Waals surface area contributed by atoms with Gasteiger partial charge >= 0.3 is 0 Å². The molecule has 2 heteroatoms. The molecular formula is C34H54O2. The van der Waals surface area contributed by atoms with Crippen LogP contribution >= 0.6 is 0 Å². The summed E-state index contributed by atoms with van der Waals surface area (Å²) in [5.41, 5.74) is 6.48. The van der Waals surface area contributed by atoms with Crippen molar-refractivity contribution in [3.63, 3.8) is 0 Å². The first-order chi connectivity index (χ1) is 16.5. The molecule has 2 rings (SSSR count). The minimum atomic E-state index is -0.107. The first-order valence-electron chi connectivity index (χ1n) is 14.2. The van der Waals surface area contributed by atoms with Gasteiger partial charge in [-0.1, -0.05) is 107 Å². The summed E-state index contributed by atoms with van der Waals surface area (Å²) in [7, 11) is 0. The fourth-order valence-corrected chi connectivity index (χ4v) is 4.64. The van der Waals surface area contributed by atoms with Crippen molar-refractivity contribution in [2.75, 3.05) is 0 Å². The minimum absolute atomic E-state index is 0.0343. The van der Waals surface area contributed by atoms with E-state index in [0.29, 0.717) is 24.3 Å². The molecule has 2 aromatic carbocycles. The summed E-state index contributed by atoms with van der Waals surface area (Å²) in [4.78, 5) is 0. The SMILES string of the molecule is CCC(C)(C)c1cc(CCc2cc(C(C)(C)CC)cc(C(C)(C)CC)c2O)c(O)c(C(C)(C)CC)c1. The van der Waals surface area contributed by atoms with Crippen LogP contribution in [0.25, 0.3) is 0 Å². The fraction of sp³-hybridized carbons (Fsp3) is 0.647. The third kappa shape index (κ3) is 6.12. The van der Waals surface area contributed by atoms with Gasteiger partial charge in [0.25, 0.3) is 0 Å². The first kappa shape index (κ1) is 30.3. The molecule has 2 aromatic rings. The van der Waals surface area contributed by atoms with Crippen LogP contribution in [0.2, 0.25) is 0 Å². The van der Waals surface area contributed by atoms with Crippen LogP contribution in [0.15, 0.2) is 24.3 Å². The molecule has 2 N–H and O–H groups in total. The van der Waals surface area contributed by atoms with Gasteiger partial charge in [-0.25, -0.2) is 0 Å². The molecule has 0 saturated heterocycles. The summed E-state index contributed by atoms with van der Waals surface area (Å²) < 4.78 is 0. The van der Waals surface area contributed by atoms with Crippen LogP contribution in [0.5, 0.6) is 11.5 Å². The van der Waals surface area contributed by atoms with Crippen molar-refractivity contribution in [1.29, 1.82) is 0 Å². The Morgan fingerprint density at radius 3 is 1.00 bits per heavy atom. The molecule has 0 heterocycles. The quantitative estimate of drug-likeness (QED) is 0.326. The number of rotatable bonds is 11. The van der Waals surface area contributed by atoms with Crippen molar-refractivity contribution in [3.05, 3.63) is 57.6 Å². The molecule has 36 heavy (non-hydrogen) atoms. The molecule has 0 radical (unpaired) electrons. The lowest BCUT2D eigenvalue weighted by Gasteiger charge is -2.31. The Kier molecular flexibility index (Phi) is 9.08. The van der Waals surface area contributed by atoms with E-state index >= 15 is 0 Å². The molecule has 0 aliphatic carbocycles. The zero-order valence-corrected chi connectivity index (χ0v) is 25.4. The van der Waals surface area contributed by atoms with Gasteiger partial charge in [0.15, 0.2) is 0 Å². The van der Waals surface area contributed by atoms with Gasteiger partial charge in [-0.05, 0) is 82.4 Å². The maximum atomic E-state index is 11.4. The van der Waals surface area contributed by atoms with E-state index in [4.69, 9.17) is 0 Å². The van der Waals surface area contributed by atoms with E-state index < -0.39 is 0 Å². The lowest BCUT2D eigenvalue weighted by Crippen LogP contribution is -2.22. The number of phenolic OH excluding ortho intramolecular Hbond substituents is 2. The minimum Gasteiger partial charge on any atom is -0.507 e. The summed E-state index contributed by atoms with van der Waals surface area (Å²) in [5, 5.41) is 22.9. The monoisotopic (exact) mass is 494 g/mol. The molecule has 0 saturated carbocycles. The van der Waals surface area contributed by atoms with Crippen LogP contribution < -0.4 is 0 Å². The van der Waals surface area contributed by atoms with E-state index in [1.807, 2.05) is 0 Å². The van der Waals surface area contributed by atoms with E-state index in [2.05, 4.69) is 107 Å². The average molecular weight is 495 g/mol. The van der Waals surface area contributed by atoms with Gasteiger partial charge in [0, 0.05) is 11.1 Å². The number of benzene rings is 2. The number of aromatic hydroxyl groups is 2. The zero-order valence-electron chi connectivity index (χ0n) is 25.4. The highest BCUT2D eigenvalue weighted by molar-refractivity contribution is 5.52.